The van der Waals surface area contributed by atoms with Gasteiger partial charge in [0.2, 0.25) is 11.8 Å². The van der Waals surface area contributed by atoms with Gasteiger partial charge in [0.15, 0.2) is 0 Å². The van der Waals surface area contributed by atoms with E-state index in [0.717, 1.165) is 12.8 Å². The molecule has 1 atom stereocenters. The topological polar surface area (TPSA) is 75.4 Å². The van der Waals surface area contributed by atoms with Gasteiger partial charge in [-0.1, -0.05) is 34.6 Å². The molecule has 1 saturated heterocycles. The van der Waals surface area contributed by atoms with E-state index in [1.807, 2.05) is 39.5 Å². The molecule has 5 nitrogen and oxygen atoms in total. The summed E-state index contributed by atoms with van der Waals surface area (Å²) in [5.41, 5.74) is 5.71. The number of amides is 2. The lowest BCUT2D eigenvalue weighted by Gasteiger charge is -2.35. The molecular formula is C15H29N3O2. The van der Waals surface area contributed by atoms with Crippen LogP contribution in [0.15, 0.2) is 0 Å². The number of nitrogens with one attached hydrogen (secondary N) is 1. The fourth-order valence-electron chi connectivity index (χ4n) is 2.29. The summed E-state index contributed by atoms with van der Waals surface area (Å²) in [6.45, 7) is 11.1. The minimum absolute atomic E-state index is 0.0375. The van der Waals surface area contributed by atoms with Gasteiger partial charge in [0.05, 0.1) is 6.04 Å². The van der Waals surface area contributed by atoms with E-state index in [1.54, 1.807) is 0 Å². The lowest BCUT2D eigenvalue weighted by molar-refractivity contribution is -0.135. The Morgan fingerprint density at radius 1 is 1.20 bits per heavy atom. The summed E-state index contributed by atoms with van der Waals surface area (Å²) >= 11 is 0. The number of hydrogen-bond donors (Lipinski definition) is 2. The van der Waals surface area contributed by atoms with Crippen LogP contribution in [0.2, 0.25) is 0 Å². The van der Waals surface area contributed by atoms with Crippen molar-refractivity contribution in [3.05, 3.63) is 0 Å². The zero-order valence-corrected chi connectivity index (χ0v) is 13.4. The molecule has 0 aromatic heterocycles. The van der Waals surface area contributed by atoms with Crippen LogP contribution >= 0.6 is 0 Å². The van der Waals surface area contributed by atoms with Gasteiger partial charge in [-0.25, -0.2) is 0 Å². The van der Waals surface area contributed by atoms with Gasteiger partial charge in [0.1, 0.15) is 0 Å². The Kier molecular flexibility index (Phi) is 5.57. The fraction of sp³-hybridized carbons (Fsp3) is 0.867. The highest BCUT2D eigenvalue weighted by Gasteiger charge is 2.30. The quantitative estimate of drug-likeness (QED) is 0.815. The standard InChI is InChI=1S/C15H29N3O2/c1-10(2)14(20)18-8-6-11(7-9-18)17-13(19)12(16)15(3,4)5/h10-12H,6-9,16H2,1-5H3,(H,17,19). The molecule has 0 aromatic rings. The monoisotopic (exact) mass is 283 g/mol. The number of carbonyl (C=O) groups excluding carboxylic acids is 2. The minimum Gasteiger partial charge on any atom is -0.352 e. The third-order valence-electron chi connectivity index (χ3n) is 3.86. The van der Waals surface area contributed by atoms with E-state index >= 15 is 0 Å². The summed E-state index contributed by atoms with van der Waals surface area (Å²) in [4.78, 5) is 25.8. The van der Waals surface area contributed by atoms with E-state index in [2.05, 4.69) is 5.32 Å². The summed E-state index contributed by atoms with van der Waals surface area (Å²) in [7, 11) is 0. The van der Waals surface area contributed by atoms with Crippen LogP contribution in [-0.4, -0.2) is 41.9 Å². The van der Waals surface area contributed by atoms with Crippen LogP contribution in [0, 0.1) is 11.3 Å². The summed E-state index contributed by atoms with van der Waals surface area (Å²) in [5.74, 6) is 0.141. The van der Waals surface area contributed by atoms with Gasteiger partial charge < -0.3 is 16.0 Å². The highest BCUT2D eigenvalue weighted by atomic mass is 16.2. The van der Waals surface area contributed by atoms with Gasteiger partial charge in [0.25, 0.3) is 0 Å². The maximum atomic E-state index is 12.1. The first-order valence-corrected chi connectivity index (χ1v) is 7.47. The molecule has 1 unspecified atom stereocenters. The van der Waals surface area contributed by atoms with Crippen molar-refractivity contribution in [2.45, 2.75) is 59.5 Å². The van der Waals surface area contributed by atoms with Crippen molar-refractivity contribution in [1.29, 1.82) is 0 Å². The van der Waals surface area contributed by atoms with Crippen molar-refractivity contribution in [1.82, 2.24) is 10.2 Å². The highest BCUT2D eigenvalue weighted by Crippen LogP contribution is 2.18. The molecule has 5 heteroatoms. The number of piperidine rings is 1. The predicted molar refractivity (Wildman–Crippen MR) is 80.0 cm³/mol. The molecule has 1 rings (SSSR count). The van der Waals surface area contributed by atoms with Gasteiger partial charge in [-0.3, -0.25) is 9.59 Å². The van der Waals surface area contributed by atoms with Crippen molar-refractivity contribution in [2.75, 3.05) is 13.1 Å². The number of likely N-dealkylation sites (tertiary alicyclic amines) is 1. The molecule has 1 heterocycles. The summed E-state index contributed by atoms with van der Waals surface area (Å²) in [6.07, 6.45) is 1.61. The Bertz CT molecular complexity index is 353. The zero-order valence-electron chi connectivity index (χ0n) is 13.4. The molecule has 0 aromatic carbocycles. The van der Waals surface area contributed by atoms with Crippen molar-refractivity contribution in [3.8, 4) is 0 Å². The largest absolute Gasteiger partial charge is 0.352 e. The van der Waals surface area contributed by atoms with Crippen LogP contribution in [0.4, 0.5) is 0 Å². The summed E-state index contributed by atoms with van der Waals surface area (Å²) in [5, 5.41) is 3.01. The van der Waals surface area contributed by atoms with E-state index in [9.17, 15) is 9.59 Å². The highest BCUT2D eigenvalue weighted by molar-refractivity contribution is 5.82. The second kappa shape index (κ2) is 6.57. The molecule has 20 heavy (non-hydrogen) atoms. The number of hydrogen-bond acceptors (Lipinski definition) is 3. The van der Waals surface area contributed by atoms with Gasteiger partial charge >= 0.3 is 0 Å². The van der Waals surface area contributed by atoms with Crippen molar-refractivity contribution in [2.24, 2.45) is 17.1 Å². The number of carbonyl (C=O) groups is 2. The molecule has 116 valence electrons. The van der Waals surface area contributed by atoms with E-state index in [4.69, 9.17) is 5.73 Å². The Balaban J connectivity index is 2.43. The average Bonchev–Trinajstić information content (AvgIpc) is 2.36. The molecule has 2 amide bonds. The number of rotatable bonds is 3. The lowest BCUT2D eigenvalue weighted by Crippen LogP contribution is -2.54. The molecule has 1 aliphatic heterocycles. The lowest BCUT2D eigenvalue weighted by atomic mass is 9.86. The second-order valence-electron chi connectivity index (χ2n) is 7.11. The van der Waals surface area contributed by atoms with Crippen LogP contribution in [0.3, 0.4) is 0 Å². The van der Waals surface area contributed by atoms with E-state index in [1.165, 1.54) is 0 Å². The smallest absolute Gasteiger partial charge is 0.237 e. The minimum atomic E-state index is -0.502. The molecule has 0 spiro atoms. The Morgan fingerprint density at radius 2 is 1.70 bits per heavy atom. The molecular weight excluding hydrogens is 254 g/mol. The second-order valence-corrected chi connectivity index (χ2v) is 7.11. The third-order valence-corrected chi connectivity index (χ3v) is 3.86. The summed E-state index contributed by atoms with van der Waals surface area (Å²) in [6, 6.07) is -0.370. The first-order chi connectivity index (χ1) is 9.12. The predicted octanol–water partition coefficient (Wildman–Crippen LogP) is 1.12. The van der Waals surface area contributed by atoms with Crippen LogP contribution < -0.4 is 11.1 Å². The average molecular weight is 283 g/mol. The van der Waals surface area contributed by atoms with Gasteiger partial charge in [0, 0.05) is 25.0 Å². The molecule has 1 aliphatic rings. The van der Waals surface area contributed by atoms with Crippen molar-refractivity contribution >= 4 is 11.8 Å². The van der Waals surface area contributed by atoms with Crippen LogP contribution in [-0.2, 0) is 9.59 Å². The Hall–Kier alpha value is -1.10. The number of nitrogens with two attached hydrogens (primary N) is 1. The molecule has 0 radical (unpaired) electrons. The SMILES string of the molecule is CC(C)C(=O)N1CCC(NC(=O)C(N)C(C)(C)C)CC1. The maximum Gasteiger partial charge on any atom is 0.237 e. The molecule has 3 N–H and O–H groups in total. The number of nitrogens with zero attached hydrogens (tertiary/aromatic N) is 1. The summed E-state index contributed by atoms with van der Waals surface area (Å²) < 4.78 is 0. The van der Waals surface area contributed by atoms with Gasteiger partial charge in [-0.15, -0.1) is 0 Å². The molecule has 0 aliphatic carbocycles. The first kappa shape index (κ1) is 17.0. The molecule has 0 bridgehead atoms. The van der Waals surface area contributed by atoms with Gasteiger partial charge in [-0.05, 0) is 18.3 Å². The Labute approximate surface area is 122 Å². The zero-order chi connectivity index (χ0) is 15.5. The van der Waals surface area contributed by atoms with Gasteiger partial charge in [-0.2, -0.15) is 0 Å². The van der Waals surface area contributed by atoms with Crippen molar-refractivity contribution < 1.29 is 9.59 Å². The first-order valence-electron chi connectivity index (χ1n) is 7.47. The maximum absolute atomic E-state index is 12.1. The molecule has 0 saturated carbocycles. The normalized spacial score (nSPS) is 19.1. The Morgan fingerprint density at radius 3 is 2.10 bits per heavy atom. The molecule has 1 fully saturated rings. The van der Waals surface area contributed by atoms with Crippen molar-refractivity contribution in [3.63, 3.8) is 0 Å². The van der Waals surface area contributed by atoms with Crippen LogP contribution in [0.5, 0.6) is 0 Å². The van der Waals surface area contributed by atoms with E-state index in [0.29, 0.717) is 13.1 Å². The van der Waals surface area contributed by atoms with E-state index in [-0.39, 0.29) is 29.2 Å². The fourth-order valence-corrected chi connectivity index (χ4v) is 2.29. The van der Waals surface area contributed by atoms with Crippen LogP contribution in [0.1, 0.15) is 47.5 Å². The third kappa shape index (κ3) is 4.47. The van der Waals surface area contributed by atoms with E-state index < -0.39 is 6.04 Å². The van der Waals surface area contributed by atoms with Crippen LogP contribution in [0.25, 0.3) is 0 Å².